The van der Waals surface area contributed by atoms with Gasteiger partial charge in [0.25, 0.3) is 11.5 Å². The molecule has 0 bridgehead atoms. The number of hydrogen-bond acceptors (Lipinski definition) is 4. The van der Waals surface area contributed by atoms with Gasteiger partial charge in [0.1, 0.15) is 0 Å². The van der Waals surface area contributed by atoms with Crippen LogP contribution in [0.15, 0.2) is 27.8 Å². The van der Waals surface area contributed by atoms with E-state index in [0.717, 1.165) is 6.07 Å². The standard InChI is InChI=1S/C16H14F3N3O4/c17-16(18,19)9-5-1-4-8-7(9)3-2-6-10(8)20-13(24)11-12(23)14(25)22-15(26)21-11/h1,4-5,10,23H,2-3,6H2,(H,20,24)(H2,21,22,25,26). The average molecular weight is 369 g/mol. The summed E-state index contributed by atoms with van der Waals surface area (Å²) < 4.78 is 39.5. The Morgan fingerprint density at radius 2 is 1.96 bits per heavy atom. The Bertz CT molecular complexity index is 978. The Kier molecular flexibility index (Phi) is 4.34. The highest BCUT2D eigenvalue weighted by molar-refractivity contribution is 5.94. The van der Waals surface area contributed by atoms with Crippen molar-refractivity contribution < 1.29 is 23.1 Å². The van der Waals surface area contributed by atoms with E-state index in [9.17, 15) is 32.7 Å². The van der Waals surface area contributed by atoms with Crippen LogP contribution in [0.25, 0.3) is 0 Å². The molecule has 10 heteroatoms. The summed E-state index contributed by atoms with van der Waals surface area (Å²) in [7, 11) is 0. The van der Waals surface area contributed by atoms with Gasteiger partial charge in [-0.1, -0.05) is 12.1 Å². The van der Waals surface area contributed by atoms with Crippen molar-refractivity contribution in [1.82, 2.24) is 15.3 Å². The van der Waals surface area contributed by atoms with Gasteiger partial charge in [0.05, 0.1) is 11.6 Å². The van der Waals surface area contributed by atoms with Gasteiger partial charge in [-0.2, -0.15) is 13.2 Å². The van der Waals surface area contributed by atoms with Crippen molar-refractivity contribution in [1.29, 1.82) is 0 Å². The molecule has 7 nitrogen and oxygen atoms in total. The zero-order chi connectivity index (χ0) is 19.1. The van der Waals surface area contributed by atoms with E-state index in [2.05, 4.69) is 5.32 Å². The SMILES string of the molecule is O=C(NC1CCCc2c1cccc2C(F)(F)F)c1[nH]c(=O)[nH]c(=O)c1O. The van der Waals surface area contributed by atoms with Crippen LogP contribution in [0.2, 0.25) is 0 Å². The first kappa shape index (κ1) is 17.8. The largest absolute Gasteiger partial charge is 0.501 e. The first-order chi connectivity index (χ1) is 12.2. The minimum atomic E-state index is -4.51. The number of hydrogen-bond donors (Lipinski definition) is 4. The molecule has 3 rings (SSSR count). The van der Waals surface area contributed by atoms with Crippen molar-refractivity contribution >= 4 is 5.91 Å². The lowest BCUT2D eigenvalue weighted by Gasteiger charge is -2.28. The number of nitrogens with one attached hydrogen (secondary N) is 3. The summed E-state index contributed by atoms with van der Waals surface area (Å²) in [5.74, 6) is -1.93. The van der Waals surface area contributed by atoms with Crippen molar-refractivity contribution in [3.05, 3.63) is 61.4 Å². The van der Waals surface area contributed by atoms with Gasteiger partial charge in [0.15, 0.2) is 5.69 Å². The summed E-state index contributed by atoms with van der Waals surface area (Å²) in [6.07, 6.45) is -3.48. The second kappa shape index (κ2) is 6.36. The molecule has 1 aliphatic carbocycles. The van der Waals surface area contributed by atoms with Crippen LogP contribution >= 0.6 is 0 Å². The smallest absolute Gasteiger partial charge is 0.416 e. The maximum absolute atomic E-state index is 13.2. The summed E-state index contributed by atoms with van der Waals surface area (Å²) in [4.78, 5) is 38.7. The number of H-pyrrole nitrogens is 2. The maximum Gasteiger partial charge on any atom is 0.416 e. The van der Waals surface area contributed by atoms with Crippen molar-refractivity contribution in [3.8, 4) is 5.75 Å². The van der Waals surface area contributed by atoms with Crippen LogP contribution in [0.5, 0.6) is 5.75 Å². The minimum absolute atomic E-state index is 0.111. The predicted octanol–water partition coefficient (Wildman–Crippen LogP) is 1.59. The van der Waals surface area contributed by atoms with Crippen molar-refractivity contribution in [2.45, 2.75) is 31.5 Å². The Labute approximate surface area is 143 Å². The number of aromatic hydroxyl groups is 1. The Hall–Kier alpha value is -3.04. The summed E-state index contributed by atoms with van der Waals surface area (Å²) in [6.45, 7) is 0. The van der Waals surface area contributed by atoms with Gasteiger partial charge in [-0.05, 0) is 36.5 Å². The highest BCUT2D eigenvalue weighted by atomic mass is 19.4. The van der Waals surface area contributed by atoms with E-state index in [1.807, 2.05) is 4.98 Å². The molecule has 1 aromatic heterocycles. The minimum Gasteiger partial charge on any atom is -0.501 e. The number of fused-ring (bicyclic) bond motifs is 1. The molecule has 1 unspecified atom stereocenters. The van der Waals surface area contributed by atoms with Gasteiger partial charge in [-0.25, -0.2) is 4.79 Å². The number of rotatable bonds is 2. The van der Waals surface area contributed by atoms with E-state index in [0.29, 0.717) is 18.4 Å². The van der Waals surface area contributed by atoms with E-state index in [4.69, 9.17) is 0 Å². The third-order valence-electron chi connectivity index (χ3n) is 4.26. The number of alkyl halides is 3. The number of amides is 1. The second-order valence-corrected chi connectivity index (χ2v) is 5.92. The molecule has 1 heterocycles. The van der Waals surface area contributed by atoms with E-state index in [1.165, 1.54) is 12.1 Å². The fourth-order valence-corrected chi connectivity index (χ4v) is 3.14. The van der Waals surface area contributed by atoms with Gasteiger partial charge in [0.2, 0.25) is 5.75 Å². The van der Waals surface area contributed by atoms with Crippen LogP contribution in [0.1, 0.15) is 46.1 Å². The third kappa shape index (κ3) is 3.22. The maximum atomic E-state index is 13.2. The highest BCUT2D eigenvalue weighted by Crippen LogP contribution is 2.39. The summed E-state index contributed by atoms with van der Waals surface area (Å²) in [5, 5.41) is 12.1. The van der Waals surface area contributed by atoms with E-state index >= 15 is 0 Å². The van der Waals surface area contributed by atoms with Gasteiger partial charge < -0.3 is 10.4 Å². The van der Waals surface area contributed by atoms with Crippen LogP contribution in [0.3, 0.4) is 0 Å². The molecule has 0 radical (unpaired) electrons. The summed E-state index contributed by atoms with van der Waals surface area (Å²) >= 11 is 0. The van der Waals surface area contributed by atoms with Crippen LogP contribution < -0.4 is 16.6 Å². The molecule has 0 aliphatic heterocycles. The fraction of sp³-hybridized carbons (Fsp3) is 0.312. The molecule has 26 heavy (non-hydrogen) atoms. The van der Waals surface area contributed by atoms with Crippen LogP contribution in [-0.2, 0) is 12.6 Å². The number of carbonyl (C=O) groups is 1. The molecule has 1 amide bonds. The first-order valence-electron chi connectivity index (χ1n) is 7.74. The molecule has 1 atom stereocenters. The molecule has 0 saturated heterocycles. The molecule has 0 fully saturated rings. The van der Waals surface area contributed by atoms with Gasteiger partial charge in [-0.15, -0.1) is 0 Å². The molecule has 1 aromatic carbocycles. The lowest BCUT2D eigenvalue weighted by molar-refractivity contribution is -0.138. The molecular formula is C16H14F3N3O4. The Morgan fingerprint density at radius 1 is 1.23 bits per heavy atom. The van der Waals surface area contributed by atoms with Crippen molar-refractivity contribution in [2.75, 3.05) is 0 Å². The number of halogens is 3. The van der Waals surface area contributed by atoms with E-state index in [-0.39, 0.29) is 12.0 Å². The highest BCUT2D eigenvalue weighted by Gasteiger charge is 2.36. The molecule has 4 N–H and O–H groups in total. The van der Waals surface area contributed by atoms with Crippen LogP contribution in [-0.4, -0.2) is 21.0 Å². The van der Waals surface area contributed by atoms with Gasteiger partial charge in [0, 0.05) is 0 Å². The Morgan fingerprint density at radius 3 is 2.65 bits per heavy atom. The molecule has 2 aromatic rings. The normalized spacial score (nSPS) is 16.8. The fourth-order valence-electron chi connectivity index (χ4n) is 3.14. The first-order valence-corrected chi connectivity index (χ1v) is 7.74. The molecule has 0 spiro atoms. The molecular weight excluding hydrogens is 355 g/mol. The molecule has 138 valence electrons. The summed E-state index contributed by atoms with van der Waals surface area (Å²) in [5.41, 5.74) is -3.07. The van der Waals surface area contributed by atoms with Gasteiger partial charge in [-0.3, -0.25) is 19.6 Å². The quantitative estimate of drug-likeness (QED) is 0.643. The Balaban J connectivity index is 1.96. The summed E-state index contributed by atoms with van der Waals surface area (Å²) in [6, 6.07) is 3.01. The van der Waals surface area contributed by atoms with Gasteiger partial charge >= 0.3 is 11.9 Å². The lowest BCUT2D eigenvalue weighted by Crippen LogP contribution is -2.35. The van der Waals surface area contributed by atoms with Crippen molar-refractivity contribution in [3.63, 3.8) is 0 Å². The lowest BCUT2D eigenvalue weighted by atomic mass is 9.84. The number of carbonyl (C=O) groups excluding carboxylic acids is 1. The predicted molar refractivity (Wildman–Crippen MR) is 83.9 cm³/mol. The van der Waals surface area contributed by atoms with Crippen molar-refractivity contribution in [2.24, 2.45) is 0 Å². The van der Waals surface area contributed by atoms with Crippen LogP contribution in [0.4, 0.5) is 13.2 Å². The number of benzene rings is 1. The second-order valence-electron chi connectivity index (χ2n) is 5.92. The third-order valence-corrected chi connectivity index (χ3v) is 4.26. The van der Waals surface area contributed by atoms with E-state index < -0.39 is 46.4 Å². The van der Waals surface area contributed by atoms with E-state index in [1.54, 1.807) is 4.98 Å². The zero-order valence-corrected chi connectivity index (χ0v) is 13.2. The average Bonchev–Trinajstić information content (AvgIpc) is 2.57. The monoisotopic (exact) mass is 369 g/mol. The molecule has 0 saturated carbocycles. The topological polar surface area (TPSA) is 115 Å². The number of aromatic nitrogens is 2. The zero-order valence-electron chi connectivity index (χ0n) is 13.2. The number of aromatic amines is 2. The van der Waals surface area contributed by atoms with Crippen LogP contribution in [0, 0.1) is 0 Å². The molecule has 1 aliphatic rings.